The van der Waals surface area contributed by atoms with Crippen molar-refractivity contribution in [2.24, 2.45) is 5.92 Å². The van der Waals surface area contributed by atoms with Crippen molar-refractivity contribution in [3.63, 3.8) is 0 Å². The number of hydrogen-bond donors (Lipinski definition) is 1. The quantitative estimate of drug-likeness (QED) is 0.675. The van der Waals surface area contributed by atoms with Crippen LogP contribution >= 0.6 is 0 Å². The van der Waals surface area contributed by atoms with Crippen LogP contribution in [0.4, 0.5) is 5.69 Å². The third-order valence-corrected chi connectivity index (χ3v) is 3.12. The molecule has 1 atom stereocenters. The van der Waals surface area contributed by atoms with Crippen molar-refractivity contribution in [3.05, 3.63) is 54.4 Å². The number of benzene rings is 1. The molecule has 0 spiro atoms. The molecule has 5 nitrogen and oxygen atoms in total. The van der Waals surface area contributed by atoms with Crippen LogP contribution in [0.3, 0.4) is 0 Å². The number of anilines is 1. The molecular formula is C16H15N3O2. The molecule has 21 heavy (non-hydrogen) atoms. The Labute approximate surface area is 122 Å². The Morgan fingerprint density at radius 2 is 1.95 bits per heavy atom. The van der Waals surface area contributed by atoms with Crippen molar-refractivity contribution < 1.29 is 9.59 Å². The molecule has 1 amide bonds. The van der Waals surface area contributed by atoms with E-state index in [4.69, 9.17) is 5.26 Å². The van der Waals surface area contributed by atoms with Crippen LogP contribution in [0.15, 0.2) is 48.7 Å². The summed E-state index contributed by atoms with van der Waals surface area (Å²) < 4.78 is 1.71. The van der Waals surface area contributed by atoms with Gasteiger partial charge < -0.3 is 9.88 Å². The van der Waals surface area contributed by atoms with E-state index in [2.05, 4.69) is 5.32 Å². The van der Waals surface area contributed by atoms with Crippen LogP contribution < -0.4 is 5.32 Å². The van der Waals surface area contributed by atoms with Crippen LogP contribution in [0, 0.1) is 17.2 Å². The second-order valence-corrected chi connectivity index (χ2v) is 4.46. The van der Waals surface area contributed by atoms with Crippen molar-refractivity contribution >= 4 is 17.4 Å². The van der Waals surface area contributed by atoms with Gasteiger partial charge in [-0.15, -0.1) is 0 Å². The Kier molecular flexibility index (Phi) is 4.52. The molecule has 0 fully saturated rings. The summed E-state index contributed by atoms with van der Waals surface area (Å²) >= 11 is 0. The molecule has 0 aliphatic heterocycles. The summed E-state index contributed by atoms with van der Waals surface area (Å²) in [5, 5.41) is 11.7. The number of nitriles is 1. The van der Waals surface area contributed by atoms with E-state index in [1.54, 1.807) is 53.2 Å². The Balaban J connectivity index is 2.18. The lowest BCUT2D eigenvalue weighted by Crippen LogP contribution is -2.29. The number of carbonyl (C=O) groups is 2. The molecule has 2 rings (SSSR count). The van der Waals surface area contributed by atoms with Crippen LogP contribution in [-0.4, -0.2) is 16.3 Å². The number of rotatable bonds is 5. The lowest BCUT2D eigenvalue weighted by atomic mass is 10.0. The smallest absolute Gasteiger partial charge is 0.249 e. The zero-order valence-electron chi connectivity index (χ0n) is 11.6. The molecule has 0 aliphatic carbocycles. The van der Waals surface area contributed by atoms with Gasteiger partial charge in [0.25, 0.3) is 0 Å². The van der Waals surface area contributed by atoms with Crippen LogP contribution in [0.2, 0.25) is 0 Å². The highest BCUT2D eigenvalue weighted by Crippen LogP contribution is 2.13. The van der Waals surface area contributed by atoms with E-state index in [-0.39, 0.29) is 0 Å². The number of ketones is 1. The van der Waals surface area contributed by atoms with Gasteiger partial charge in [0.05, 0.1) is 11.8 Å². The highest BCUT2D eigenvalue weighted by Gasteiger charge is 2.29. The summed E-state index contributed by atoms with van der Waals surface area (Å²) in [6, 6.07) is 13.9. The van der Waals surface area contributed by atoms with Gasteiger partial charge in [0.2, 0.25) is 11.7 Å². The largest absolute Gasteiger partial charge is 0.345 e. The van der Waals surface area contributed by atoms with E-state index < -0.39 is 17.6 Å². The number of carbonyl (C=O) groups excluding carboxylic acids is 2. The average molecular weight is 281 g/mol. The number of hydrogen-bond acceptors (Lipinski definition) is 3. The molecule has 1 aromatic carbocycles. The van der Waals surface area contributed by atoms with E-state index in [0.29, 0.717) is 17.9 Å². The number of Topliss-reactive ketones (excluding diaryl/α,β-unsaturated/α-hetero) is 1. The lowest BCUT2D eigenvalue weighted by Gasteiger charge is -2.11. The second-order valence-electron chi connectivity index (χ2n) is 4.46. The number of nitrogens with one attached hydrogen (secondary N) is 1. The molecule has 0 saturated heterocycles. The highest BCUT2D eigenvalue weighted by atomic mass is 16.2. The van der Waals surface area contributed by atoms with Crippen molar-refractivity contribution in [3.8, 4) is 6.07 Å². The van der Waals surface area contributed by atoms with Gasteiger partial charge >= 0.3 is 0 Å². The first kappa shape index (κ1) is 14.5. The molecule has 1 unspecified atom stereocenters. The fraction of sp³-hybridized carbons (Fsp3) is 0.188. The molecule has 5 heteroatoms. The van der Waals surface area contributed by atoms with Gasteiger partial charge in [0, 0.05) is 18.4 Å². The molecule has 1 heterocycles. The zero-order chi connectivity index (χ0) is 15.2. The van der Waals surface area contributed by atoms with E-state index in [1.807, 2.05) is 13.0 Å². The third-order valence-electron chi connectivity index (χ3n) is 3.12. The van der Waals surface area contributed by atoms with E-state index in [1.165, 1.54) is 0 Å². The molecular weight excluding hydrogens is 266 g/mol. The normalized spacial score (nSPS) is 11.4. The fourth-order valence-electron chi connectivity index (χ4n) is 2.03. The van der Waals surface area contributed by atoms with Crippen molar-refractivity contribution in [2.45, 2.75) is 13.5 Å². The van der Waals surface area contributed by atoms with Crippen LogP contribution in [0.25, 0.3) is 0 Å². The van der Waals surface area contributed by atoms with Crippen molar-refractivity contribution in [2.75, 3.05) is 5.32 Å². The summed E-state index contributed by atoms with van der Waals surface area (Å²) in [6.07, 6.45) is 1.75. The highest BCUT2D eigenvalue weighted by molar-refractivity contribution is 6.15. The topological polar surface area (TPSA) is 74.9 Å². The monoisotopic (exact) mass is 281 g/mol. The summed E-state index contributed by atoms with van der Waals surface area (Å²) in [4.78, 5) is 24.5. The van der Waals surface area contributed by atoms with E-state index in [9.17, 15) is 9.59 Å². The lowest BCUT2D eigenvalue weighted by molar-refractivity contribution is -0.117. The minimum atomic E-state index is -1.36. The maximum absolute atomic E-state index is 12.3. The Morgan fingerprint density at radius 1 is 1.24 bits per heavy atom. The van der Waals surface area contributed by atoms with Gasteiger partial charge in [-0.3, -0.25) is 9.59 Å². The second kappa shape index (κ2) is 6.53. The van der Waals surface area contributed by atoms with Gasteiger partial charge in [0.15, 0.2) is 5.92 Å². The van der Waals surface area contributed by atoms with Crippen LogP contribution in [-0.2, 0) is 11.3 Å². The standard InChI is InChI=1S/C16H15N3O2/c1-2-19-10-6-9-14(19)15(20)13(11-17)16(21)18-12-7-4-3-5-8-12/h3-10,13H,2H2,1H3,(H,18,21). The minimum Gasteiger partial charge on any atom is -0.345 e. The third kappa shape index (κ3) is 3.18. The average Bonchev–Trinajstić information content (AvgIpc) is 2.97. The van der Waals surface area contributed by atoms with Gasteiger partial charge in [-0.25, -0.2) is 0 Å². The molecule has 1 aromatic heterocycles. The summed E-state index contributed by atoms with van der Waals surface area (Å²) in [5.41, 5.74) is 0.925. The summed E-state index contributed by atoms with van der Waals surface area (Å²) in [5.74, 6) is -2.46. The Bertz CT molecular complexity index is 683. The van der Waals surface area contributed by atoms with Crippen molar-refractivity contribution in [1.29, 1.82) is 5.26 Å². The Morgan fingerprint density at radius 3 is 2.57 bits per heavy atom. The molecule has 0 radical (unpaired) electrons. The molecule has 106 valence electrons. The first-order valence-corrected chi connectivity index (χ1v) is 6.62. The Hall–Kier alpha value is -2.87. The van der Waals surface area contributed by atoms with Crippen LogP contribution in [0.1, 0.15) is 17.4 Å². The predicted octanol–water partition coefficient (Wildman–Crippen LogP) is 2.47. The fourth-order valence-corrected chi connectivity index (χ4v) is 2.03. The van der Waals surface area contributed by atoms with Crippen molar-refractivity contribution in [1.82, 2.24) is 4.57 Å². The molecule has 2 aromatic rings. The minimum absolute atomic E-state index is 0.368. The first-order valence-electron chi connectivity index (χ1n) is 6.62. The number of aryl methyl sites for hydroxylation is 1. The van der Waals surface area contributed by atoms with Gasteiger partial charge in [-0.05, 0) is 31.2 Å². The summed E-state index contributed by atoms with van der Waals surface area (Å²) in [7, 11) is 0. The van der Waals surface area contributed by atoms with Gasteiger partial charge in [0.1, 0.15) is 0 Å². The number of aromatic nitrogens is 1. The van der Waals surface area contributed by atoms with E-state index >= 15 is 0 Å². The van der Waals surface area contributed by atoms with Crippen LogP contribution in [0.5, 0.6) is 0 Å². The maximum Gasteiger partial charge on any atom is 0.249 e. The van der Waals surface area contributed by atoms with Gasteiger partial charge in [-0.1, -0.05) is 18.2 Å². The number of amides is 1. The SMILES string of the molecule is CCn1cccc1C(=O)C(C#N)C(=O)Nc1ccccc1. The maximum atomic E-state index is 12.3. The number of nitrogens with zero attached hydrogens (tertiary/aromatic N) is 2. The number of para-hydroxylation sites is 1. The summed E-state index contributed by atoms with van der Waals surface area (Å²) in [6.45, 7) is 2.49. The molecule has 0 saturated carbocycles. The van der Waals surface area contributed by atoms with E-state index in [0.717, 1.165) is 0 Å². The molecule has 1 N–H and O–H groups in total. The first-order chi connectivity index (χ1) is 10.2. The van der Waals surface area contributed by atoms with Gasteiger partial charge in [-0.2, -0.15) is 5.26 Å². The molecule has 0 aliphatic rings. The molecule has 0 bridgehead atoms. The zero-order valence-corrected chi connectivity index (χ0v) is 11.6. The predicted molar refractivity (Wildman–Crippen MR) is 78.6 cm³/mol.